The molecule has 0 atom stereocenters. The van der Waals surface area contributed by atoms with Gasteiger partial charge in [-0.05, 0) is 16.8 Å². The van der Waals surface area contributed by atoms with Crippen LogP contribution in [0.5, 0.6) is 0 Å². The Morgan fingerprint density at radius 1 is 0.952 bits per heavy atom. The maximum absolute atomic E-state index is 11.8. The molecule has 0 saturated carbocycles. The predicted octanol–water partition coefficient (Wildman–Crippen LogP) is 2.60. The van der Waals surface area contributed by atoms with Gasteiger partial charge in [-0.15, -0.1) is 0 Å². The van der Waals surface area contributed by atoms with E-state index in [1.165, 1.54) is 4.68 Å². The Hall–Kier alpha value is -3.15. The highest BCUT2D eigenvalue weighted by molar-refractivity contribution is 5.98. The normalized spacial score (nSPS) is 10.1. The summed E-state index contributed by atoms with van der Waals surface area (Å²) in [7, 11) is 0. The van der Waals surface area contributed by atoms with Gasteiger partial charge in [-0.1, -0.05) is 36.4 Å². The Labute approximate surface area is 121 Å². The van der Waals surface area contributed by atoms with Crippen LogP contribution in [0.2, 0.25) is 0 Å². The first-order valence-corrected chi connectivity index (χ1v) is 6.38. The number of rotatable bonds is 3. The number of anilines is 2. The van der Waals surface area contributed by atoms with Gasteiger partial charge in [0.1, 0.15) is 0 Å². The summed E-state index contributed by atoms with van der Waals surface area (Å²) in [5, 5.41) is 9.12. The van der Waals surface area contributed by atoms with E-state index in [0.29, 0.717) is 5.69 Å². The standard InChI is InChI=1S/C15H12N4O2/c20-15(16-12-7-3-1-4-8-12)17-14-11-19(18-21-14)13-9-5-2-6-10-13/h1-11H,(H-,16,17,18,20)/p+1. The van der Waals surface area contributed by atoms with Gasteiger partial charge in [-0.2, -0.15) is 0 Å². The van der Waals surface area contributed by atoms with E-state index in [1.54, 1.807) is 18.3 Å². The molecule has 0 fully saturated rings. The number of aromatic nitrogens is 2. The van der Waals surface area contributed by atoms with Crippen molar-refractivity contribution < 1.29 is 14.0 Å². The average molecular weight is 281 g/mol. The van der Waals surface area contributed by atoms with Gasteiger partial charge in [0.25, 0.3) is 6.20 Å². The third-order valence-electron chi connectivity index (χ3n) is 2.76. The molecule has 2 aromatic carbocycles. The number of benzene rings is 2. The van der Waals surface area contributed by atoms with Crippen LogP contribution < -0.4 is 15.3 Å². The lowest BCUT2D eigenvalue weighted by molar-refractivity contribution is -0.670. The van der Waals surface area contributed by atoms with E-state index in [-0.39, 0.29) is 5.88 Å². The molecule has 6 nitrogen and oxygen atoms in total. The van der Waals surface area contributed by atoms with E-state index in [0.717, 1.165) is 5.69 Å². The number of nitrogens with zero attached hydrogens (tertiary/aromatic N) is 2. The number of amides is 2. The van der Waals surface area contributed by atoms with E-state index in [9.17, 15) is 4.79 Å². The molecule has 0 aliphatic heterocycles. The smallest absolute Gasteiger partial charge is 0.308 e. The Morgan fingerprint density at radius 3 is 2.33 bits per heavy atom. The van der Waals surface area contributed by atoms with Crippen molar-refractivity contribution in [2.24, 2.45) is 0 Å². The molecule has 0 aliphatic carbocycles. The summed E-state index contributed by atoms with van der Waals surface area (Å²) in [5.74, 6) is 0.257. The summed E-state index contributed by atoms with van der Waals surface area (Å²) in [6.07, 6.45) is 1.60. The number of hydrogen-bond acceptors (Lipinski definition) is 3. The Morgan fingerprint density at radius 2 is 1.62 bits per heavy atom. The van der Waals surface area contributed by atoms with Crippen LogP contribution in [0.3, 0.4) is 0 Å². The Balaban J connectivity index is 1.66. The van der Waals surface area contributed by atoms with Crippen LogP contribution in [-0.4, -0.2) is 11.3 Å². The highest BCUT2D eigenvalue weighted by Crippen LogP contribution is 2.08. The summed E-state index contributed by atoms with van der Waals surface area (Å²) in [6.45, 7) is 0. The van der Waals surface area contributed by atoms with Gasteiger partial charge in [0.05, 0.1) is 0 Å². The van der Waals surface area contributed by atoms with Crippen molar-refractivity contribution in [3.05, 3.63) is 66.9 Å². The van der Waals surface area contributed by atoms with Crippen molar-refractivity contribution in [3.63, 3.8) is 0 Å². The third kappa shape index (κ3) is 3.24. The fourth-order valence-corrected chi connectivity index (χ4v) is 1.80. The van der Waals surface area contributed by atoms with Crippen molar-refractivity contribution >= 4 is 17.6 Å². The number of para-hydroxylation sites is 2. The minimum atomic E-state index is -0.391. The topological polar surface area (TPSA) is 71.0 Å². The average Bonchev–Trinajstić information content (AvgIpc) is 2.97. The molecule has 0 bridgehead atoms. The molecule has 1 heterocycles. The zero-order valence-corrected chi connectivity index (χ0v) is 11.1. The van der Waals surface area contributed by atoms with Crippen LogP contribution in [-0.2, 0) is 0 Å². The number of nitrogens with one attached hydrogen (secondary N) is 2. The molecule has 0 radical (unpaired) electrons. The second kappa shape index (κ2) is 5.87. The molecule has 0 aliphatic rings. The lowest BCUT2D eigenvalue weighted by Crippen LogP contribution is -2.31. The predicted molar refractivity (Wildman–Crippen MR) is 77.1 cm³/mol. The van der Waals surface area contributed by atoms with E-state index in [1.807, 2.05) is 48.5 Å². The Bertz CT molecular complexity index is 726. The van der Waals surface area contributed by atoms with Gasteiger partial charge in [-0.25, -0.2) is 4.79 Å². The molecule has 0 saturated heterocycles. The van der Waals surface area contributed by atoms with E-state index >= 15 is 0 Å². The van der Waals surface area contributed by atoms with Crippen molar-refractivity contribution in [2.75, 3.05) is 10.6 Å². The van der Waals surface area contributed by atoms with Gasteiger partial charge < -0.3 is 5.32 Å². The zero-order valence-electron chi connectivity index (χ0n) is 11.1. The van der Waals surface area contributed by atoms with Gasteiger partial charge >= 0.3 is 11.9 Å². The molecule has 0 spiro atoms. The van der Waals surface area contributed by atoms with Crippen LogP contribution >= 0.6 is 0 Å². The summed E-state index contributed by atoms with van der Waals surface area (Å²) < 4.78 is 6.61. The number of carbonyl (C=O) groups excluding carboxylic acids is 1. The van der Waals surface area contributed by atoms with Gasteiger partial charge in [0.2, 0.25) is 11.0 Å². The minimum absolute atomic E-state index is 0.257. The maximum atomic E-state index is 11.8. The number of urea groups is 1. The SMILES string of the molecule is O=C(Nc1ccccc1)Nc1c[n+](-c2ccccc2)no1. The van der Waals surface area contributed by atoms with Crippen molar-refractivity contribution in [1.82, 2.24) is 5.27 Å². The second-order valence-electron chi connectivity index (χ2n) is 4.29. The first-order valence-electron chi connectivity index (χ1n) is 6.38. The summed E-state index contributed by atoms with van der Waals surface area (Å²) >= 11 is 0. The largest absolute Gasteiger partial charge is 0.326 e. The maximum Gasteiger partial charge on any atom is 0.326 e. The first kappa shape index (κ1) is 12.9. The van der Waals surface area contributed by atoms with E-state index < -0.39 is 6.03 Å². The van der Waals surface area contributed by atoms with Crippen LogP contribution in [0.15, 0.2) is 71.4 Å². The lowest BCUT2D eigenvalue weighted by atomic mass is 10.3. The van der Waals surface area contributed by atoms with Crippen LogP contribution in [0.4, 0.5) is 16.4 Å². The molecular formula is C15H13N4O2+. The summed E-state index contributed by atoms with van der Waals surface area (Å²) in [6, 6.07) is 18.2. The van der Waals surface area contributed by atoms with Crippen molar-refractivity contribution in [2.45, 2.75) is 0 Å². The fraction of sp³-hybridized carbons (Fsp3) is 0. The monoisotopic (exact) mass is 281 g/mol. The first-order chi connectivity index (χ1) is 10.3. The molecule has 2 N–H and O–H groups in total. The highest BCUT2D eigenvalue weighted by atomic mass is 16.5. The highest BCUT2D eigenvalue weighted by Gasteiger charge is 2.16. The van der Waals surface area contributed by atoms with Crippen molar-refractivity contribution in [3.8, 4) is 5.69 Å². The van der Waals surface area contributed by atoms with E-state index in [4.69, 9.17) is 4.52 Å². The molecule has 104 valence electrons. The number of carbonyl (C=O) groups is 1. The molecule has 3 aromatic rings. The van der Waals surface area contributed by atoms with Gasteiger partial charge in [0, 0.05) is 17.8 Å². The van der Waals surface area contributed by atoms with Gasteiger partial charge in [0.15, 0.2) is 0 Å². The van der Waals surface area contributed by atoms with Crippen LogP contribution in [0.1, 0.15) is 0 Å². The van der Waals surface area contributed by atoms with Crippen molar-refractivity contribution in [1.29, 1.82) is 0 Å². The minimum Gasteiger partial charge on any atom is -0.308 e. The van der Waals surface area contributed by atoms with Crippen LogP contribution in [0, 0.1) is 0 Å². The molecule has 2 amide bonds. The van der Waals surface area contributed by atoms with Gasteiger partial charge in [-0.3, -0.25) is 9.84 Å². The third-order valence-corrected chi connectivity index (χ3v) is 2.76. The Kier molecular flexibility index (Phi) is 3.60. The second-order valence-corrected chi connectivity index (χ2v) is 4.29. The molecule has 3 rings (SSSR count). The fourth-order valence-electron chi connectivity index (χ4n) is 1.80. The quantitative estimate of drug-likeness (QED) is 0.725. The van der Waals surface area contributed by atoms with Crippen LogP contribution in [0.25, 0.3) is 5.69 Å². The molecule has 0 unspecified atom stereocenters. The molecule has 6 heteroatoms. The molecule has 1 aromatic heterocycles. The molecule has 21 heavy (non-hydrogen) atoms. The molecular weight excluding hydrogens is 268 g/mol. The summed E-state index contributed by atoms with van der Waals surface area (Å²) in [5.41, 5.74) is 1.54. The van der Waals surface area contributed by atoms with E-state index in [2.05, 4.69) is 15.9 Å². The number of hydrogen-bond donors (Lipinski definition) is 2. The zero-order chi connectivity index (χ0) is 14.5. The lowest BCUT2D eigenvalue weighted by Gasteiger charge is -2.02. The summed E-state index contributed by atoms with van der Waals surface area (Å²) in [4.78, 5) is 11.8.